The van der Waals surface area contributed by atoms with Crippen LogP contribution in [0.4, 0.5) is 17.5 Å². The van der Waals surface area contributed by atoms with Gasteiger partial charge in [-0.25, -0.2) is 0 Å². The fraction of sp³-hybridized carbons (Fsp3) is 0.455. The third-order valence-corrected chi connectivity index (χ3v) is 5.78. The Hall–Kier alpha value is -3.36. The molecule has 0 spiro atoms. The standard InChI is InChI=1S/C22H27N5O4/c1-12-8-13(2)11-27(10-12)22-25-19-18(21(30)26-22)16(9-17(28)24-19)20(29)23-14-4-6-15(31-3)7-5-14/h4-7,12-13,16H,8-11H2,1-3H3,(H,23,29)(H2,24,25,26,28,30). The lowest BCUT2D eigenvalue weighted by Crippen LogP contribution is -2.42. The van der Waals surface area contributed by atoms with Gasteiger partial charge in [0, 0.05) is 25.2 Å². The van der Waals surface area contributed by atoms with Crippen molar-refractivity contribution in [3.8, 4) is 5.75 Å². The minimum atomic E-state index is -0.921. The van der Waals surface area contributed by atoms with Crippen molar-refractivity contribution in [1.29, 1.82) is 0 Å². The monoisotopic (exact) mass is 425 g/mol. The number of aromatic amines is 1. The van der Waals surface area contributed by atoms with Gasteiger partial charge in [0.1, 0.15) is 11.6 Å². The van der Waals surface area contributed by atoms with Crippen LogP contribution in [-0.2, 0) is 9.59 Å². The Balaban J connectivity index is 1.62. The van der Waals surface area contributed by atoms with Crippen LogP contribution in [0, 0.1) is 11.8 Å². The first-order valence-electron chi connectivity index (χ1n) is 10.5. The molecule has 3 atom stereocenters. The lowest BCUT2D eigenvalue weighted by Gasteiger charge is -2.35. The number of aromatic nitrogens is 2. The number of carbonyl (C=O) groups excluding carboxylic acids is 2. The molecule has 2 aliphatic rings. The Morgan fingerprint density at radius 3 is 2.48 bits per heavy atom. The Labute approximate surface area is 180 Å². The van der Waals surface area contributed by atoms with E-state index in [0.717, 1.165) is 19.5 Å². The molecule has 3 unspecified atom stereocenters. The highest BCUT2D eigenvalue weighted by Crippen LogP contribution is 2.31. The fourth-order valence-corrected chi connectivity index (χ4v) is 4.47. The molecule has 9 heteroatoms. The summed E-state index contributed by atoms with van der Waals surface area (Å²) in [6.07, 6.45) is 1.01. The number of ether oxygens (including phenoxy) is 1. The number of fused-ring (bicyclic) bond motifs is 1. The quantitative estimate of drug-likeness (QED) is 0.692. The summed E-state index contributed by atoms with van der Waals surface area (Å²) in [4.78, 5) is 47.6. The number of nitrogens with one attached hydrogen (secondary N) is 3. The topological polar surface area (TPSA) is 116 Å². The summed E-state index contributed by atoms with van der Waals surface area (Å²) in [5, 5.41) is 5.45. The van der Waals surface area contributed by atoms with Crippen LogP contribution in [0.1, 0.15) is 38.2 Å². The van der Waals surface area contributed by atoms with Crippen molar-refractivity contribution >= 4 is 29.3 Å². The van der Waals surface area contributed by atoms with Crippen molar-refractivity contribution in [2.45, 2.75) is 32.6 Å². The molecular formula is C22H27N5O4. The van der Waals surface area contributed by atoms with Gasteiger partial charge in [0.2, 0.25) is 17.8 Å². The van der Waals surface area contributed by atoms with E-state index in [1.165, 1.54) is 0 Å². The lowest BCUT2D eigenvalue weighted by atomic mass is 9.91. The maximum atomic E-state index is 13.0. The number of nitrogens with zero attached hydrogens (tertiary/aromatic N) is 2. The largest absolute Gasteiger partial charge is 0.497 e. The van der Waals surface area contributed by atoms with Crippen LogP contribution < -0.4 is 25.8 Å². The van der Waals surface area contributed by atoms with Crippen LogP contribution in [0.15, 0.2) is 29.1 Å². The predicted molar refractivity (Wildman–Crippen MR) is 118 cm³/mol. The smallest absolute Gasteiger partial charge is 0.258 e. The third kappa shape index (κ3) is 4.40. The SMILES string of the molecule is COc1ccc(NC(=O)C2CC(=O)Nc3nc(N4CC(C)CC(C)C4)[nH]c(=O)c32)cc1. The molecule has 0 aliphatic carbocycles. The Morgan fingerprint density at radius 2 is 1.84 bits per heavy atom. The molecule has 31 heavy (non-hydrogen) atoms. The Kier molecular flexibility index (Phi) is 5.67. The third-order valence-electron chi connectivity index (χ3n) is 5.78. The minimum Gasteiger partial charge on any atom is -0.497 e. The van der Waals surface area contributed by atoms with Crippen LogP contribution in [0.5, 0.6) is 5.75 Å². The van der Waals surface area contributed by atoms with Gasteiger partial charge in [0.25, 0.3) is 5.56 Å². The van der Waals surface area contributed by atoms with Crippen molar-refractivity contribution in [2.24, 2.45) is 11.8 Å². The van der Waals surface area contributed by atoms with Crippen LogP contribution in [0.25, 0.3) is 0 Å². The van der Waals surface area contributed by atoms with Crippen LogP contribution in [-0.4, -0.2) is 42.0 Å². The average molecular weight is 425 g/mol. The zero-order valence-corrected chi connectivity index (χ0v) is 17.9. The van der Waals surface area contributed by atoms with Gasteiger partial charge >= 0.3 is 0 Å². The second-order valence-corrected chi connectivity index (χ2v) is 8.53. The molecule has 1 fully saturated rings. The molecule has 3 N–H and O–H groups in total. The summed E-state index contributed by atoms with van der Waals surface area (Å²) in [6, 6.07) is 6.84. The molecule has 2 aliphatic heterocycles. The predicted octanol–water partition coefficient (Wildman–Crippen LogP) is 2.33. The van der Waals surface area contributed by atoms with E-state index in [9.17, 15) is 14.4 Å². The number of amides is 2. The Bertz CT molecular complexity index is 1040. The second kappa shape index (κ2) is 8.41. The highest BCUT2D eigenvalue weighted by Gasteiger charge is 2.35. The van der Waals surface area contributed by atoms with Crippen molar-refractivity contribution in [1.82, 2.24) is 9.97 Å². The molecule has 164 valence electrons. The van der Waals surface area contributed by atoms with E-state index in [1.54, 1.807) is 31.4 Å². The summed E-state index contributed by atoms with van der Waals surface area (Å²) in [7, 11) is 1.56. The second-order valence-electron chi connectivity index (χ2n) is 8.53. The Morgan fingerprint density at radius 1 is 1.16 bits per heavy atom. The molecule has 3 heterocycles. The number of piperidine rings is 1. The molecule has 0 bridgehead atoms. The minimum absolute atomic E-state index is 0.114. The van der Waals surface area contributed by atoms with E-state index in [2.05, 4.69) is 34.4 Å². The summed E-state index contributed by atoms with van der Waals surface area (Å²) in [5.74, 6) is 0.512. The van der Waals surface area contributed by atoms with Crippen molar-refractivity contribution in [3.05, 3.63) is 40.2 Å². The van der Waals surface area contributed by atoms with Gasteiger partial charge in [0.15, 0.2) is 0 Å². The zero-order valence-electron chi connectivity index (χ0n) is 17.9. The van der Waals surface area contributed by atoms with Crippen LogP contribution >= 0.6 is 0 Å². The van der Waals surface area contributed by atoms with Crippen molar-refractivity contribution in [2.75, 3.05) is 35.7 Å². The van der Waals surface area contributed by atoms with Gasteiger partial charge < -0.3 is 20.3 Å². The molecule has 2 amide bonds. The highest BCUT2D eigenvalue weighted by molar-refractivity contribution is 6.04. The molecule has 0 radical (unpaired) electrons. The number of carbonyl (C=O) groups is 2. The van der Waals surface area contributed by atoms with Gasteiger partial charge in [-0.05, 0) is 42.5 Å². The van der Waals surface area contributed by atoms with E-state index < -0.39 is 17.4 Å². The number of H-pyrrole nitrogens is 1. The van der Waals surface area contributed by atoms with Gasteiger partial charge in [-0.1, -0.05) is 13.8 Å². The lowest BCUT2D eigenvalue weighted by molar-refractivity contribution is -0.123. The number of hydrogen-bond acceptors (Lipinski definition) is 6. The first-order chi connectivity index (χ1) is 14.8. The fourth-order valence-electron chi connectivity index (χ4n) is 4.47. The van der Waals surface area contributed by atoms with Gasteiger partial charge in [-0.15, -0.1) is 0 Å². The molecule has 4 rings (SSSR count). The van der Waals surface area contributed by atoms with Gasteiger partial charge in [-0.2, -0.15) is 4.98 Å². The molecule has 1 aromatic carbocycles. The van der Waals surface area contributed by atoms with E-state index >= 15 is 0 Å². The van der Waals surface area contributed by atoms with Crippen molar-refractivity contribution in [3.63, 3.8) is 0 Å². The first kappa shape index (κ1) is 20.9. The molecule has 0 saturated carbocycles. The maximum Gasteiger partial charge on any atom is 0.258 e. The van der Waals surface area contributed by atoms with Crippen LogP contribution in [0.3, 0.4) is 0 Å². The molecule has 9 nitrogen and oxygen atoms in total. The molecular weight excluding hydrogens is 398 g/mol. The van der Waals surface area contributed by atoms with Crippen LogP contribution in [0.2, 0.25) is 0 Å². The summed E-state index contributed by atoms with van der Waals surface area (Å²) >= 11 is 0. The number of rotatable bonds is 4. The van der Waals surface area contributed by atoms with Gasteiger partial charge in [0.05, 0.1) is 18.6 Å². The van der Waals surface area contributed by atoms with Gasteiger partial charge in [-0.3, -0.25) is 19.4 Å². The first-order valence-corrected chi connectivity index (χ1v) is 10.5. The van der Waals surface area contributed by atoms with E-state index in [1.807, 2.05) is 4.90 Å². The number of benzene rings is 1. The van der Waals surface area contributed by atoms with E-state index in [-0.39, 0.29) is 23.7 Å². The van der Waals surface area contributed by atoms with E-state index in [0.29, 0.717) is 29.2 Å². The molecule has 1 aromatic heterocycles. The van der Waals surface area contributed by atoms with E-state index in [4.69, 9.17) is 4.74 Å². The number of methoxy groups -OCH3 is 1. The molecule has 1 saturated heterocycles. The normalized spacial score (nSPS) is 23.0. The summed E-state index contributed by atoms with van der Waals surface area (Å²) < 4.78 is 5.12. The number of anilines is 3. The summed E-state index contributed by atoms with van der Waals surface area (Å²) in [6.45, 7) is 5.89. The average Bonchev–Trinajstić information content (AvgIpc) is 2.72. The zero-order chi connectivity index (χ0) is 22.1. The highest BCUT2D eigenvalue weighted by atomic mass is 16.5. The maximum absolute atomic E-state index is 13.0. The molecule has 2 aromatic rings. The van der Waals surface area contributed by atoms with Crippen molar-refractivity contribution < 1.29 is 14.3 Å². The number of hydrogen-bond donors (Lipinski definition) is 3. The summed E-state index contributed by atoms with van der Waals surface area (Å²) in [5.41, 5.74) is 0.337.